The Hall–Kier alpha value is -1.54. The van der Waals surface area contributed by atoms with Crippen molar-refractivity contribution in [3.8, 4) is 0 Å². The highest BCUT2D eigenvalue weighted by Gasteiger charge is 2.28. The lowest BCUT2D eigenvalue weighted by Gasteiger charge is -2.09. The standard InChI is InChI=1S/C15H19NO5S2/c1-11-4-2-3-5-13(11)16-14(17)8-21-15(18)9-22-12-6-7-23(19,20)10-12/h2-5,12H,6-10H2,1H3,(H,16,17)/t12-/m1/s1. The van der Waals surface area contributed by atoms with Crippen LogP contribution in [-0.2, 0) is 24.2 Å². The summed E-state index contributed by atoms with van der Waals surface area (Å²) in [7, 11) is -2.94. The van der Waals surface area contributed by atoms with E-state index in [4.69, 9.17) is 4.74 Å². The van der Waals surface area contributed by atoms with Crippen LogP contribution in [0.3, 0.4) is 0 Å². The Bertz CT molecular complexity index is 687. The topological polar surface area (TPSA) is 89.5 Å². The zero-order valence-electron chi connectivity index (χ0n) is 12.8. The first-order chi connectivity index (χ1) is 10.9. The summed E-state index contributed by atoms with van der Waals surface area (Å²) in [5.41, 5.74) is 1.60. The molecular weight excluding hydrogens is 338 g/mol. The predicted molar refractivity (Wildman–Crippen MR) is 90.3 cm³/mol. The van der Waals surface area contributed by atoms with E-state index in [1.807, 2.05) is 19.1 Å². The van der Waals surface area contributed by atoms with E-state index in [0.717, 1.165) is 5.56 Å². The van der Waals surface area contributed by atoms with Crippen LogP contribution in [0.4, 0.5) is 5.69 Å². The number of amides is 1. The average Bonchev–Trinajstić information content (AvgIpc) is 2.85. The fourth-order valence-electron chi connectivity index (χ4n) is 2.17. The number of carbonyl (C=O) groups is 2. The number of aryl methyl sites for hydroxylation is 1. The molecule has 0 aromatic heterocycles. The summed E-state index contributed by atoms with van der Waals surface area (Å²) in [6, 6.07) is 7.31. The number of sulfone groups is 1. The molecule has 2 rings (SSSR count). The molecule has 0 aliphatic carbocycles. The Morgan fingerprint density at radius 2 is 2.09 bits per heavy atom. The second kappa shape index (κ2) is 7.83. The van der Waals surface area contributed by atoms with Gasteiger partial charge in [-0.1, -0.05) is 18.2 Å². The number of nitrogens with one attached hydrogen (secondary N) is 1. The van der Waals surface area contributed by atoms with Crippen molar-refractivity contribution in [1.82, 2.24) is 0 Å². The molecule has 23 heavy (non-hydrogen) atoms. The number of carbonyl (C=O) groups excluding carboxylic acids is 2. The number of ether oxygens (including phenoxy) is 1. The first-order valence-electron chi connectivity index (χ1n) is 7.19. The Morgan fingerprint density at radius 3 is 2.74 bits per heavy atom. The molecule has 1 atom stereocenters. The van der Waals surface area contributed by atoms with Crippen molar-refractivity contribution in [2.45, 2.75) is 18.6 Å². The fraction of sp³-hybridized carbons (Fsp3) is 0.467. The molecule has 0 unspecified atom stereocenters. The van der Waals surface area contributed by atoms with Crippen molar-refractivity contribution in [3.63, 3.8) is 0 Å². The Labute approximate surface area is 139 Å². The average molecular weight is 357 g/mol. The number of hydrogen-bond acceptors (Lipinski definition) is 6. The summed E-state index contributed by atoms with van der Waals surface area (Å²) in [6.07, 6.45) is 0.564. The summed E-state index contributed by atoms with van der Waals surface area (Å²) in [5, 5.41) is 2.61. The molecule has 1 N–H and O–H groups in total. The van der Waals surface area contributed by atoms with Crippen LogP contribution in [0.15, 0.2) is 24.3 Å². The zero-order chi connectivity index (χ0) is 16.9. The van der Waals surface area contributed by atoms with Crippen molar-refractivity contribution >= 4 is 39.2 Å². The second-order valence-electron chi connectivity index (χ2n) is 5.36. The highest BCUT2D eigenvalue weighted by Crippen LogP contribution is 2.24. The summed E-state index contributed by atoms with van der Waals surface area (Å²) in [6.45, 7) is 1.52. The lowest BCUT2D eigenvalue weighted by atomic mass is 10.2. The van der Waals surface area contributed by atoms with Gasteiger partial charge in [0.25, 0.3) is 5.91 Å². The molecule has 0 saturated carbocycles. The minimum Gasteiger partial charge on any atom is -0.455 e. The van der Waals surface area contributed by atoms with E-state index < -0.39 is 21.7 Å². The monoisotopic (exact) mass is 357 g/mol. The van der Waals surface area contributed by atoms with Gasteiger partial charge in [-0.05, 0) is 25.0 Å². The van der Waals surface area contributed by atoms with Crippen molar-refractivity contribution < 1.29 is 22.7 Å². The van der Waals surface area contributed by atoms with Crippen LogP contribution >= 0.6 is 11.8 Å². The molecule has 6 nitrogen and oxygen atoms in total. The van der Waals surface area contributed by atoms with Gasteiger partial charge in [0, 0.05) is 10.9 Å². The molecule has 8 heteroatoms. The molecule has 1 aromatic carbocycles. The quantitative estimate of drug-likeness (QED) is 0.774. The number of hydrogen-bond donors (Lipinski definition) is 1. The van der Waals surface area contributed by atoms with Crippen molar-refractivity contribution in [2.75, 3.05) is 29.2 Å². The smallest absolute Gasteiger partial charge is 0.316 e. The van der Waals surface area contributed by atoms with Gasteiger partial charge < -0.3 is 10.1 Å². The number of para-hydroxylation sites is 1. The third-order valence-corrected chi connectivity index (χ3v) is 6.67. The Morgan fingerprint density at radius 1 is 1.35 bits per heavy atom. The Balaban J connectivity index is 1.68. The molecule has 1 saturated heterocycles. The highest BCUT2D eigenvalue weighted by atomic mass is 32.2. The fourth-order valence-corrected chi connectivity index (χ4v) is 5.60. The minimum absolute atomic E-state index is 0.0534. The number of thioether (sulfide) groups is 1. The molecule has 0 radical (unpaired) electrons. The summed E-state index contributed by atoms with van der Waals surface area (Å²) >= 11 is 1.27. The van der Waals surface area contributed by atoms with Gasteiger partial charge in [-0.2, -0.15) is 0 Å². The second-order valence-corrected chi connectivity index (χ2v) is 8.88. The van der Waals surface area contributed by atoms with Crippen LogP contribution in [0.1, 0.15) is 12.0 Å². The first kappa shape index (κ1) is 17.8. The largest absolute Gasteiger partial charge is 0.455 e. The Kier molecular flexibility index (Phi) is 6.06. The predicted octanol–water partition coefficient (Wildman–Crippen LogP) is 1.40. The van der Waals surface area contributed by atoms with E-state index in [1.54, 1.807) is 12.1 Å². The lowest BCUT2D eigenvalue weighted by Crippen LogP contribution is -2.22. The summed E-state index contributed by atoms with van der Waals surface area (Å²) in [4.78, 5) is 23.4. The van der Waals surface area contributed by atoms with Gasteiger partial charge in [-0.25, -0.2) is 8.42 Å². The van der Waals surface area contributed by atoms with Crippen LogP contribution in [-0.4, -0.2) is 49.4 Å². The SMILES string of the molecule is Cc1ccccc1NC(=O)COC(=O)CS[C@@H]1CCS(=O)(=O)C1. The van der Waals surface area contributed by atoms with Crippen molar-refractivity contribution in [2.24, 2.45) is 0 Å². The number of rotatable bonds is 6. The maximum atomic E-state index is 11.7. The van der Waals surface area contributed by atoms with E-state index in [-0.39, 0.29) is 29.1 Å². The molecule has 1 heterocycles. The van der Waals surface area contributed by atoms with E-state index in [9.17, 15) is 18.0 Å². The maximum absolute atomic E-state index is 11.7. The molecule has 126 valence electrons. The van der Waals surface area contributed by atoms with Gasteiger partial charge in [0.05, 0.1) is 17.3 Å². The van der Waals surface area contributed by atoms with Crippen molar-refractivity contribution in [3.05, 3.63) is 29.8 Å². The normalized spacial score (nSPS) is 19.3. The van der Waals surface area contributed by atoms with E-state index >= 15 is 0 Å². The van der Waals surface area contributed by atoms with Gasteiger partial charge in [-0.3, -0.25) is 9.59 Å². The highest BCUT2D eigenvalue weighted by molar-refractivity contribution is 8.02. The first-order valence-corrected chi connectivity index (χ1v) is 10.1. The molecule has 0 bridgehead atoms. The van der Waals surface area contributed by atoms with Crippen LogP contribution in [0.25, 0.3) is 0 Å². The van der Waals surface area contributed by atoms with Crippen LogP contribution < -0.4 is 5.32 Å². The minimum atomic E-state index is -2.94. The van der Waals surface area contributed by atoms with E-state index in [1.165, 1.54) is 11.8 Å². The van der Waals surface area contributed by atoms with Gasteiger partial charge >= 0.3 is 5.97 Å². The summed E-state index contributed by atoms with van der Waals surface area (Å²) < 4.78 is 27.5. The lowest BCUT2D eigenvalue weighted by molar-refractivity contribution is -0.144. The molecule has 0 spiro atoms. The van der Waals surface area contributed by atoms with Gasteiger partial charge in [0.15, 0.2) is 16.4 Å². The molecule has 1 amide bonds. The molecule has 1 aliphatic rings. The number of benzene rings is 1. The van der Waals surface area contributed by atoms with Gasteiger partial charge in [-0.15, -0.1) is 11.8 Å². The summed E-state index contributed by atoms with van der Waals surface area (Å²) in [5.74, 6) is -0.574. The van der Waals surface area contributed by atoms with E-state index in [0.29, 0.717) is 12.1 Å². The molecule has 1 fully saturated rings. The third-order valence-electron chi connectivity index (χ3n) is 3.41. The zero-order valence-corrected chi connectivity index (χ0v) is 14.4. The van der Waals surface area contributed by atoms with Crippen molar-refractivity contribution in [1.29, 1.82) is 0 Å². The molecule has 1 aromatic rings. The maximum Gasteiger partial charge on any atom is 0.316 e. The van der Waals surface area contributed by atoms with Crippen LogP contribution in [0.2, 0.25) is 0 Å². The van der Waals surface area contributed by atoms with Gasteiger partial charge in [0.1, 0.15) is 0 Å². The number of anilines is 1. The number of esters is 1. The molecule has 1 aliphatic heterocycles. The molecular formula is C15H19NO5S2. The third kappa shape index (κ3) is 5.87. The van der Waals surface area contributed by atoms with Crippen LogP contribution in [0.5, 0.6) is 0 Å². The van der Waals surface area contributed by atoms with Gasteiger partial charge in [0.2, 0.25) is 0 Å². The van der Waals surface area contributed by atoms with Crippen LogP contribution in [0, 0.1) is 6.92 Å². The van der Waals surface area contributed by atoms with E-state index in [2.05, 4.69) is 5.32 Å².